The van der Waals surface area contributed by atoms with Gasteiger partial charge in [0, 0.05) is 0 Å². The van der Waals surface area contributed by atoms with E-state index in [-0.39, 0.29) is 11.3 Å². The molecule has 0 atom stereocenters. The molecule has 0 saturated heterocycles. The molecule has 0 amide bonds. The summed E-state index contributed by atoms with van der Waals surface area (Å²) in [4.78, 5) is 11.8. The van der Waals surface area contributed by atoms with Gasteiger partial charge in [-0.25, -0.2) is 4.39 Å². The van der Waals surface area contributed by atoms with Gasteiger partial charge in [0.15, 0.2) is 5.78 Å². The van der Waals surface area contributed by atoms with Crippen LogP contribution in [0.3, 0.4) is 0 Å². The number of rotatable bonds is 5. The molecule has 0 aliphatic carbocycles. The largest absolute Gasteiger partial charge is 0.289 e. The van der Waals surface area contributed by atoms with Gasteiger partial charge in [-0.15, -0.1) is 0 Å². The molecule has 0 aromatic heterocycles. The Morgan fingerprint density at radius 1 is 1.00 bits per heavy atom. The van der Waals surface area contributed by atoms with E-state index in [0.717, 1.165) is 12.8 Å². The van der Waals surface area contributed by atoms with Crippen LogP contribution in [0.15, 0.2) is 66.7 Å². The minimum Gasteiger partial charge on any atom is -0.289 e. The zero-order valence-electron chi connectivity index (χ0n) is 10.6. The van der Waals surface area contributed by atoms with Crippen molar-refractivity contribution >= 4 is 5.78 Å². The van der Waals surface area contributed by atoms with Crippen molar-refractivity contribution in [3.8, 4) is 0 Å². The predicted octanol–water partition coefficient (Wildman–Crippen LogP) is 4.20. The predicted molar refractivity (Wildman–Crippen MR) is 74.6 cm³/mol. The number of carbonyl (C=O) groups excluding carboxylic acids is 1. The fourth-order valence-electron chi connectivity index (χ4n) is 1.84. The van der Waals surface area contributed by atoms with Crippen molar-refractivity contribution < 1.29 is 9.18 Å². The summed E-state index contributed by atoms with van der Waals surface area (Å²) >= 11 is 0. The normalized spacial score (nSPS) is 10.8. The number of halogens is 1. The van der Waals surface area contributed by atoms with E-state index in [1.54, 1.807) is 18.2 Å². The number of benzene rings is 2. The van der Waals surface area contributed by atoms with Crippen LogP contribution in [-0.2, 0) is 6.42 Å². The zero-order chi connectivity index (χ0) is 13.5. The lowest BCUT2D eigenvalue weighted by molar-refractivity contribution is 0.104. The second kappa shape index (κ2) is 6.64. The highest BCUT2D eigenvalue weighted by atomic mass is 19.1. The third kappa shape index (κ3) is 3.88. The van der Waals surface area contributed by atoms with Gasteiger partial charge in [-0.1, -0.05) is 48.5 Å². The first-order chi connectivity index (χ1) is 9.27. The summed E-state index contributed by atoms with van der Waals surface area (Å²) in [6, 6.07) is 16.1. The van der Waals surface area contributed by atoms with Crippen LogP contribution in [0.5, 0.6) is 0 Å². The topological polar surface area (TPSA) is 17.1 Å². The SMILES string of the molecule is O=C(/C=C/CCc1ccccc1)c1ccccc1F. The van der Waals surface area contributed by atoms with Crippen molar-refractivity contribution in [2.75, 3.05) is 0 Å². The molecule has 0 radical (unpaired) electrons. The van der Waals surface area contributed by atoms with Crippen LogP contribution in [0.4, 0.5) is 4.39 Å². The Morgan fingerprint density at radius 3 is 2.42 bits per heavy atom. The van der Waals surface area contributed by atoms with E-state index in [4.69, 9.17) is 0 Å². The van der Waals surface area contributed by atoms with E-state index in [0.29, 0.717) is 0 Å². The third-order valence-electron chi connectivity index (χ3n) is 2.85. The molecule has 2 rings (SSSR count). The highest BCUT2D eigenvalue weighted by Crippen LogP contribution is 2.08. The first-order valence-corrected chi connectivity index (χ1v) is 6.26. The number of hydrogen-bond donors (Lipinski definition) is 0. The van der Waals surface area contributed by atoms with Crippen LogP contribution >= 0.6 is 0 Å². The molecule has 0 aliphatic heterocycles. The molecule has 0 spiro atoms. The summed E-state index contributed by atoms with van der Waals surface area (Å²) in [7, 11) is 0. The maximum absolute atomic E-state index is 13.4. The molecule has 0 N–H and O–H groups in total. The monoisotopic (exact) mass is 254 g/mol. The van der Waals surface area contributed by atoms with Gasteiger partial charge in [0.1, 0.15) is 5.82 Å². The lowest BCUT2D eigenvalue weighted by Crippen LogP contribution is -1.97. The molecular weight excluding hydrogens is 239 g/mol. The number of hydrogen-bond acceptors (Lipinski definition) is 1. The van der Waals surface area contributed by atoms with E-state index in [2.05, 4.69) is 0 Å². The summed E-state index contributed by atoms with van der Waals surface area (Å²) in [5, 5.41) is 0. The highest BCUT2D eigenvalue weighted by Gasteiger charge is 2.06. The minimum atomic E-state index is -0.472. The molecule has 2 heteroatoms. The first-order valence-electron chi connectivity index (χ1n) is 6.26. The molecule has 0 unspecified atom stereocenters. The van der Waals surface area contributed by atoms with E-state index < -0.39 is 5.82 Å². The van der Waals surface area contributed by atoms with Gasteiger partial charge in [-0.3, -0.25) is 4.79 Å². The Kier molecular flexibility index (Phi) is 4.62. The molecule has 0 saturated carbocycles. The van der Waals surface area contributed by atoms with Gasteiger partial charge in [0.05, 0.1) is 5.56 Å². The van der Waals surface area contributed by atoms with E-state index >= 15 is 0 Å². The fraction of sp³-hybridized carbons (Fsp3) is 0.118. The molecule has 96 valence electrons. The molecule has 19 heavy (non-hydrogen) atoms. The number of ketones is 1. The molecular formula is C17H15FO. The van der Waals surface area contributed by atoms with Gasteiger partial charge in [-0.05, 0) is 36.6 Å². The molecule has 0 bridgehead atoms. The second-order valence-electron chi connectivity index (χ2n) is 4.27. The first kappa shape index (κ1) is 13.2. The van der Waals surface area contributed by atoms with Crippen molar-refractivity contribution in [3.63, 3.8) is 0 Å². The Hall–Kier alpha value is -2.22. The molecule has 0 aliphatic rings. The molecule has 2 aromatic rings. The molecule has 2 aromatic carbocycles. The Labute approximate surface area is 112 Å². The van der Waals surface area contributed by atoms with Gasteiger partial charge < -0.3 is 0 Å². The van der Waals surface area contributed by atoms with Crippen LogP contribution < -0.4 is 0 Å². The lowest BCUT2D eigenvalue weighted by Gasteiger charge is -1.98. The van der Waals surface area contributed by atoms with Crippen LogP contribution in [0.1, 0.15) is 22.3 Å². The zero-order valence-corrected chi connectivity index (χ0v) is 10.6. The number of carbonyl (C=O) groups is 1. The Morgan fingerprint density at radius 2 is 1.68 bits per heavy atom. The average molecular weight is 254 g/mol. The van der Waals surface area contributed by atoms with Crippen LogP contribution in [-0.4, -0.2) is 5.78 Å². The van der Waals surface area contributed by atoms with E-state index in [1.165, 1.54) is 23.8 Å². The third-order valence-corrected chi connectivity index (χ3v) is 2.85. The maximum Gasteiger partial charge on any atom is 0.188 e. The average Bonchev–Trinajstić information content (AvgIpc) is 2.45. The van der Waals surface area contributed by atoms with Gasteiger partial charge in [-0.2, -0.15) is 0 Å². The summed E-state index contributed by atoms with van der Waals surface area (Å²) in [5.74, 6) is -0.758. The summed E-state index contributed by atoms with van der Waals surface area (Å²) in [6.45, 7) is 0. The highest BCUT2D eigenvalue weighted by molar-refractivity contribution is 6.04. The van der Waals surface area contributed by atoms with Crippen molar-refractivity contribution in [2.45, 2.75) is 12.8 Å². The maximum atomic E-state index is 13.4. The summed E-state index contributed by atoms with van der Waals surface area (Å²) in [5.41, 5.74) is 1.35. The molecule has 0 fully saturated rings. The van der Waals surface area contributed by atoms with Crippen LogP contribution in [0.2, 0.25) is 0 Å². The van der Waals surface area contributed by atoms with Crippen molar-refractivity contribution in [3.05, 3.63) is 83.7 Å². The van der Waals surface area contributed by atoms with Crippen LogP contribution in [0.25, 0.3) is 0 Å². The summed E-state index contributed by atoms with van der Waals surface area (Å²) in [6.07, 6.45) is 4.88. The molecule has 0 heterocycles. The number of aryl methyl sites for hydroxylation is 1. The Balaban J connectivity index is 1.89. The van der Waals surface area contributed by atoms with Crippen molar-refractivity contribution in [2.24, 2.45) is 0 Å². The standard InChI is InChI=1S/C17H15FO/c18-16-12-6-5-11-15(16)17(19)13-7-4-10-14-8-2-1-3-9-14/h1-3,5-9,11-13H,4,10H2/b13-7+. The van der Waals surface area contributed by atoms with Gasteiger partial charge in [0.2, 0.25) is 0 Å². The van der Waals surface area contributed by atoms with E-state index in [9.17, 15) is 9.18 Å². The van der Waals surface area contributed by atoms with E-state index in [1.807, 2.05) is 30.3 Å². The smallest absolute Gasteiger partial charge is 0.188 e. The van der Waals surface area contributed by atoms with Gasteiger partial charge >= 0.3 is 0 Å². The number of allylic oxidation sites excluding steroid dienone is 2. The quantitative estimate of drug-likeness (QED) is 0.577. The molecule has 1 nitrogen and oxygen atoms in total. The van der Waals surface area contributed by atoms with Crippen molar-refractivity contribution in [1.29, 1.82) is 0 Å². The minimum absolute atomic E-state index is 0.124. The van der Waals surface area contributed by atoms with Gasteiger partial charge in [0.25, 0.3) is 0 Å². The van der Waals surface area contributed by atoms with Crippen LogP contribution in [0, 0.1) is 5.82 Å². The summed E-state index contributed by atoms with van der Waals surface area (Å²) < 4.78 is 13.4. The Bertz CT molecular complexity index is 573. The van der Waals surface area contributed by atoms with Crippen molar-refractivity contribution in [1.82, 2.24) is 0 Å². The fourth-order valence-corrected chi connectivity index (χ4v) is 1.84. The second-order valence-corrected chi connectivity index (χ2v) is 4.27. The lowest BCUT2D eigenvalue weighted by atomic mass is 10.1.